The molecule has 0 spiro atoms. The molecule has 1 saturated carbocycles. The summed E-state index contributed by atoms with van der Waals surface area (Å²) in [7, 11) is 0. The number of nitrogens with zero attached hydrogens (tertiary/aromatic N) is 1. The number of nitrogens with one attached hydrogen (secondary N) is 1. The fraction of sp³-hybridized carbons (Fsp3) is 0.750. The van der Waals surface area contributed by atoms with Crippen LogP contribution in [0.3, 0.4) is 0 Å². The van der Waals surface area contributed by atoms with Crippen molar-refractivity contribution in [2.75, 3.05) is 0 Å². The molecule has 1 fully saturated rings. The maximum atomic E-state index is 11.0. The smallest absolute Gasteiger partial charge is 0.243 e. The lowest BCUT2D eigenvalue weighted by Gasteiger charge is -1.97. The van der Waals surface area contributed by atoms with Crippen molar-refractivity contribution in [2.24, 2.45) is 11.0 Å². The van der Waals surface area contributed by atoms with Crippen molar-refractivity contribution in [3.05, 3.63) is 0 Å². The topological polar surface area (TPSA) is 41.5 Å². The summed E-state index contributed by atoms with van der Waals surface area (Å²) in [5.41, 5.74) is 3.52. The molecule has 0 saturated heterocycles. The van der Waals surface area contributed by atoms with Gasteiger partial charge in [0.05, 0.1) is 0 Å². The Morgan fingerprint density at radius 1 is 1.64 bits per heavy atom. The molecule has 0 radical (unpaired) electrons. The number of hydrogen-bond donors (Lipinski definition) is 1. The minimum absolute atomic E-state index is 0.0813. The van der Waals surface area contributed by atoms with Gasteiger partial charge in [-0.2, -0.15) is 5.10 Å². The van der Waals surface area contributed by atoms with Crippen LogP contribution in [0, 0.1) is 5.92 Å². The van der Waals surface area contributed by atoms with Crippen molar-refractivity contribution in [3.63, 3.8) is 0 Å². The molecule has 0 aromatic rings. The lowest BCUT2D eigenvalue weighted by atomic mass is 10.3. The summed E-state index contributed by atoms with van der Waals surface area (Å²) < 4.78 is 0. The van der Waals surface area contributed by atoms with Gasteiger partial charge < -0.3 is 0 Å². The number of carbonyl (C=O) groups is 1. The Hall–Kier alpha value is -0.860. The number of rotatable bonds is 3. The van der Waals surface area contributed by atoms with E-state index in [1.54, 1.807) is 0 Å². The minimum Gasteiger partial charge on any atom is -0.273 e. The first kappa shape index (κ1) is 8.24. The molecule has 1 aliphatic rings. The Morgan fingerprint density at radius 2 is 2.27 bits per heavy atom. The molecule has 62 valence electrons. The maximum absolute atomic E-state index is 11.0. The molecule has 0 aliphatic heterocycles. The van der Waals surface area contributed by atoms with Gasteiger partial charge in [0.15, 0.2) is 0 Å². The van der Waals surface area contributed by atoms with E-state index in [9.17, 15) is 4.79 Å². The van der Waals surface area contributed by atoms with Crippen LogP contribution in [0.2, 0.25) is 0 Å². The number of amides is 1. The fourth-order valence-electron chi connectivity index (χ4n) is 0.666. The first-order valence-corrected chi connectivity index (χ1v) is 4.07. The quantitative estimate of drug-likeness (QED) is 0.483. The highest BCUT2D eigenvalue weighted by molar-refractivity contribution is 5.85. The predicted molar refractivity (Wildman–Crippen MR) is 44.3 cm³/mol. The molecule has 0 aromatic heterocycles. The van der Waals surface area contributed by atoms with E-state index >= 15 is 0 Å². The maximum Gasteiger partial charge on any atom is 0.243 e. The predicted octanol–water partition coefficient (Wildman–Crippen LogP) is 1.30. The third-order valence-corrected chi connectivity index (χ3v) is 1.82. The van der Waals surface area contributed by atoms with Gasteiger partial charge in [0.1, 0.15) is 0 Å². The molecule has 1 N–H and O–H groups in total. The molecule has 0 aromatic carbocycles. The summed E-state index contributed by atoms with van der Waals surface area (Å²) in [6.45, 7) is 3.93. The summed E-state index contributed by atoms with van der Waals surface area (Å²) in [6.07, 6.45) is 2.96. The number of hydrazone groups is 1. The van der Waals surface area contributed by atoms with Gasteiger partial charge in [0.2, 0.25) is 5.91 Å². The highest BCUT2D eigenvalue weighted by Gasteiger charge is 2.29. The summed E-state index contributed by atoms with van der Waals surface area (Å²) in [5.74, 6) is 0.334. The minimum atomic E-state index is 0.0813. The van der Waals surface area contributed by atoms with E-state index in [2.05, 4.69) is 10.5 Å². The number of carbonyl (C=O) groups excluding carboxylic acids is 1. The standard InChI is InChI=1S/C8H14N2O/c1-3-6(2)9-10-8(11)7-4-5-7/h7H,3-5H2,1-2H3,(H,10,11)/b9-6+. The third kappa shape index (κ3) is 2.70. The third-order valence-electron chi connectivity index (χ3n) is 1.82. The Labute approximate surface area is 66.9 Å². The van der Waals surface area contributed by atoms with Crippen LogP contribution in [0.1, 0.15) is 33.1 Å². The zero-order chi connectivity index (χ0) is 8.27. The van der Waals surface area contributed by atoms with E-state index in [-0.39, 0.29) is 11.8 Å². The van der Waals surface area contributed by atoms with Gasteiger partial charge >= 0.3 is 0 Å². The molecule has 0 unspecified atom stereocenters. The Balaban J connectivity index is 2.24. The van der Waals surface area contributed by atoms with Crippen LogP contribution in [0.15, 0.2) is 5.10 Å². The van der Waals surface area contributed by atoms with E-state index in [4.69, 9.17) is 0 Å². The van der Waals surface area contributed by atoms with Gasteiger partial charge in [0.25, 0.3) is 0 Å². The Kier molecular flexibility index (Phi) is 2.63. The second-order valence-corrected chi connectivity index (χ2v) is 2.95. The average Bonchev–Trinajstić information content (AvgIpc) is 2.81. The molecule has 11 heavy (non-hydrogen) atoms. The van der Waals surface area contributed by atoms with Crippen molar-refractivity contribution in [1.29, 1.82) is 0 Å². The summed E-state index contributed by atoms with van der Waals surface area (Å²) >= 11 is 0. The van der Waals surface area contributed by atoms with Gasteiger partial charge in [-0.25, -0.2) is 5.43 Å². The van der Waals surface area contributed by atoms with Crippen molar-refractivity contribution in [1.82, 2.24) is 5.43 Å². The van der Waals surface area contributed by atoms with E-state index in [1.807, 2.05) is 13.8 Å². The van der Waals surface area contributed by atoms with Crippen LogP contribution in [-0.2, 0) is 4.79 Å². The normalized spacial score (nSPS) is 18.2. The second kappa shape index (κ2) is 3.51. The summed E-state index contributed by atoms with van der Waals surface area (Å²) in [4.78, 5) is 11.0. The zero-order valence-electron chi connectivity index (χ0n) is 7.05. The molecule has 3 heteroatoms. The Morgan fingerprint density at radius 3 is 2.73 bits per heavy atom. The van der Waals surface area contributed by atoms with Gasteiger partial charge in [-0.15, -0.1) is 0 Å². The molecule has 0 atom stereocenters. The van der Waals surface area contributed by atoms with Crippen LogP contribution in [-0.4, -0.2) is 11.6 Å². The average molecular weight is 154 g/mol. The van der Waals surface area contributed by atoms with Crippen LogP contribution in [0.25, 0.3) is 0 Å². The van der Waals surface area contributed by atoms with Crippen molar-refractivity contribution < 1.29 is 4.79 Å². The highest BCUT2D eigenvalue weighted by Crippen LogP contribution is 2.28. The lowest BCUT2D eigenvalue weighted by molar-refractivity contribution is -0.122. The molecule has 1 rings (SSSR count). The summed E-state index contributed by atoms with van der Waals surface area (Å²) in [5, 5.41) is 3.92. The van der Waals surface area contributed by atoms with Crippen molar-refractivity contribution >= 4 is 11.6 Å². The van der Waals surface area contributed by atoms with Crippen molar-refractivity contribution in [3.8, 4) is 0 Å². The molecule has 0 bridgehead atoms. The van der Waals surface area contributed by atoms with Crippen LogP contribution in [0.5, 0.6) is 0 Å². The first-order valence-electron chi connectivity index (χ1n) is 4.07. The van der Waals surface area contributed by atoms with Crippen LogP contribution < -0.4 is 5.43 Å². The van der Waals surface area contributed by atoms with E-state index in [0.29, 0.717) is 0 Å². The van der Waals surface area contributed by atoms with E-state index in [0.717, 1.165) is 25.0 Å². The van der Waals surface area contributed by atoms with Gasteiger partial charge in [-0.05, 0) is 26.2 Å². The molecule has 1 aliphatic carbocycles. The molecular formula is C8H14N2O. The second-order valence-electron chi connectivity index (χ2n) is 2.95. The van der Waals surface area contributed by atoms with Gasteiger partial charge in [0, 0.05) is 11.6 Å². The molecule has 0 heterocycles. The highest BCUT2D eigenvalue weighted by atomic mass is 16.2. The monoisotopic (exact) mass is 154 g/mol. The molecular weight excluding hydrogens is 140 g/mol. The van der Waals surface area contributed by atoms with Gasteiger partial charge in [-0.1, -0.05) is 6.92 Å². The fourth-order valence-corrected chi connectivity index (χ4v) is 0.666. The van der Waals surface area contributed by atoms with Gasteiger partial charge in [-0.3, -0.25) is 4.79 Å². The lowest BCUT2D eigenvalue weighted by Crippen LogP contribution is -2.20. The Bertz CT molecular complexity index is 183. The van der Waals surface area contributed by atoms with Crippen molar-refractivity contribution in [2.45, 2.75) is 33.1 Å². The largest absolute Gasteiger partial charge is 0.273 e. The summed E-state index contributed by atoms with van der Waals surface area (Å²) in [6, 6.07) is 0. The van der Waals surface area contributed by atoms with E-state index < -0.39 is 0 Å². The molecule has 1 amide bonds. The first-order chi connectivity index (χ1) is 5.24. The van der Waals surface area contributed by atoms with E-state index in [1.165, 1.54) is 0 Å². The zero-order valence-corrected chi connectivity index (χ0v) is 7.05. The number of hydrogen-bond acceptors (Lipinski definition) is 2. The van der Waals surface area contributed by atoms with Crippen LogP contribution in [0.4, 0.5) is 0 Å². The molecule has 3 nitrogen and oxygen atoms in total. The SMILES string of the molecule is CC/C(C)=N/NC(=O)C1CC1. The van der Waals surface area contributed by atoms with Crippen LogP contribution >= 0.6 is 0 Å².